The minimum Gasteiger partial charge on any atom is -0.399 e. The molecular formula is C12H16N2S. The van der Waals surface area contributed by atoms with Crippen molar-refractivity contribution in [3.8, 4) is 11.8 Å². The van der Waals surface area contributed by atoms with E-state index in [1.165, 1.54) is 0 Å². The van der Waals surface area contributed by atoms with Crippen molar-refractivity contribution in [3.05, 3.63) is 29.8 Å². The summed E-state index contributed by atoms with van der Waals surface area (Å²) in [6.45, 7) is 4.10. The van der Waals surface area contributed by atoms with E-state index in [1.54, 1.807) is 11.9 Å². The number of benzene rings is 1. The van der Waals surface area contributed by atoms with Crippen molar-refractivity contribution in [2.45, 2.75) is 19.4 Å². The van der Waals surface area contributed by atoms with Crippen molar-refractivity contribution in [2.24, 2.45) is 0 Å². The van der Waals surface area contributed by atoms with Gasteiger partial charge in [-0.25, -0.2) is 4.72 Å². The lowest BCUT2D eigenvalue weighted by Gasteiger charge is -2.16. The Bertz CT molecular complexity index is 371. The van der Waals surface area contributed by atoms with Crippen molar-refractivity contribution in [3.63, 3.8) is 0 Å². The molecule has 0 atom stereocenters. The lowest BCUT2D eigenvalue weighted by atomic mass is 10.1. The molecule has 3 N–H and O–H groups in total. The summed E-state index contributed by atoms with van der Waals surface area (Å²) in [5.41, 5.74) is 7.16. The third-order valence-electron chi connectivity index (χ3n) is 1.79. The summed E-state index contributed by atoms with van der Waals surface area (Å²) in [6.07, 6.45) is 1.99. The van der Waals surface area contributed by atoms with Crippen LogP contribution >= 0.6 is 11.9 Å². The molecule has 0 spiro atoms. The normalized spacial score (nSPS) is 10.6. The maximum Gasteiger partial charge on any atom is 0.0838 e. The average Bonchev–Trinajstić information content (AvgIpc) is 2.17. The van der Waals surface area contributed by atoms with Crippen molar-refractivity contribution in [1.29, 1.82) is 0 Å². The van der Waals surface area contributed by atoms with Gasteiger partial charge in [-0.1, -0.05) is 23.8 Å². The highest BCUT2D eigenvalue weighted by Crippen LogP contribution is 2.07. The first-order valence-corrected chi connectivity index (χ1v) is 5.95. The zero-order valence-electron chi connectivity index (χ0n) is 9.29. The summed E-state index contributed by atoms with van der Waals surface area (Å²) in [5, 5.41) is 0. The van der Waals surface area contributed by atoms with E-state index in [0.717, 1.165) is 11.3 Å². The molecular weight excluding hydrogens is 204 g/mol. The summed E-state index contributed by atoms with van der Waals surface area (Å²) in [6, 6.07) is 7.58. The molecule has 0 bridgehead atoms. The second-order valence-corrected chi connectivity index (χ2v) is 4.42. The highest BCUT2D eigenvalue weighted by atomic mass is 32.2. The van der Waals surface area contributed by atoms with Crippen LogP contribution in [0, 0.1) is 11.8 Å². The van der Waals surface area contributed by atoms with Crippen LogP contribution in [0.2, 0.25) is 0 Å². The molecule has 1 aromatic carbocycles. The Balaban J connectivity index is 2.77. The van der Waals surface area contributed by atoms with Crippen molar-refractivity contribution in [1.82, 2.24) is 4.72 Å². The zero-order chi connectivity index (χ0) is 11.3. The Labute approximate surface area is 95.8 Å². The third-order valence-corrected chi connectivity index (χ3v) is 2.50. The number of rotatable bonds is 2. The van der Waals surface area contributed by atoms with Crippen LogP contribution in [0.1, 0.15) is 19.4 Å². The third kappa shape index (κ3) is 4.28. The fraction of sp³-hybridized carbons (Fsp3) is 0.333. The Morgan fingerprint density at radius 1 is 1.27 bits per heavy atom. The minimum atomic E-state index is -0.180. The highest BCUT2D eigenvalue weighted by molar-refractivity contribution is 7.96. The van der Waals surface area contributed by atoms with Crippen molar-refractivity contribution < 1.29 is 0 Å². The molecule has 0 unspecified atom stereocenters. The van der Waals surface area contributed by atoms with Gasteiger partial charge in [0.1, 0.15) is 0 Å². The molecule has 0 aromatic heterocycles. The number of nitrogens with one attached hydrogen (secondary N) is 1. The van der Waals surface area contributed by atoms with Gasteiger partial charge in [0.05, 0.1) is 5.54 Å². The Morgan fingerprint density at radius 2 is 1.87 bits per heavy atom. The maximum atomic E-state index is 5.59. The minimum absolute atomic E-state index is 0.180. The molecule has 15 heavy (non-hydrogen) atoms. The summed E-state index contributed by atoms with van der Waals surface area (Å²) in [4.78, 5) is 0. The fourth-order valence-electron chi connectivity index (χ4n) is 1.08. The molecule has 1 rings (SSSR count). The van der Waals surface area contributed by atoms with E-state index >= 15 is 0 Å². The quantitative estimate of drug-likeness (QED) is 0.456. The fourth-order valence-corrected chi connectivity index (χ4v) is 1.64. The predicted molar refractivity (Wildman–Crippen MR) is 68.5 cm³/mol. The molecule has 3 heteroatoms. The molecule has 0 aliphatic rings. The average molecular weight is 220 g/mol. The molecule has 0 heterocycles. The Morgan fingerprint density at radius 3 is 2.40 bits per heavy atom. The van der Waals surface area contributed by atoms with Gasteiger partial charge in [-0.15, -0.1) is 0 Å². The molecule has 0 saturated carbocycles. The van der Waals surface area contributed by atoms with Crippen LogP contribution in [-0.2, 0) is 0 Å². The van der Waals surface area contributed by atoms with Crippen LogP contribution in [0.3, 0.4) is 0 Å². The number of hydrogen-bond donors (Lipinski definition) is 2. The first-order chi connectivity index (χ1) is 7.03. The Kier molecular flexibility index (Phi) is 4.07. The van der Waals surface area contributed by atoms with Gasteiger partial charge in [-0.05, 0) is 44.4 Å². The van der Waals surface area contributed by atoms with Gasteiger partial charge in [0.25, 0.3) is 0 Å². The van der Waals surface area contributed by atoms with Gasteiger partial charge in [0.15, 0.2) is 0 Å². The molecule has 0 amide bonds. The maximum absolute atomic E-state index is 5.59. The molecule has 0 aliphatic carbocycles. The SMILES string of the molecule is CSNC(C)(C)C#Cc1ccc(N)cc1. The van der Waals surface area contributed by atoms with Gasteiger partial charge >= 0.3 is 0 Å². The first kappa shape index (κ1) is 12.0. The van der Waals surface area contributed by atoms with Crippen LogP contribution < -0.4 is 10.5 Å². The summed E-state index contributed by atoms with van der Waals surface area (Å²) in [7, 11) is 0. The monoisotopic (exact) mass is 220 g/mol. The van der Waals surface area contributed by atoms with Gasteiger partial charge in [0, 0.05) is 11.3 Å². The van der Waals surface area contributed by atoms with Crippen LogP contribution in [0.5, 0.6) is 0 Å². The van der Waals surface area contributed by atoms with Crippen molar-refractivity contribution in [2.75, 3.05) is 12.0 Å². The van der Waals surface area contributed by atoms with E-state index in [9.17, 15) is 0 Å². The lowest BCUT2D eigenvalue weighted by Crippen LogP contribution is -2.32. The van der Waals surface area contributed by atoms with E-state index in [0.29, 0.717) is 0 Å². The predicted octanol–water partition coefficient (Wildman–Crippen LogP) is 2.27. The standard InChI is InChI=1S/C12H16N2S/c1-12(2,14-15-3)9-8-10-4-6-11(13)7-5-10/h4-7,14H,13H2,1-3H3. The molecule has 1 aromatic rings. The molecule has 2 nitrogen and oxygen atoms in total. The Hall–Kier alpha value is -1.11. The molecule has 0 fully saturated rings. The summed E-state index contributed by atoms with van der Waals surface area (Å²) in [5.74, 6) is 6.29. The number of nitrogens with two attached hydrogens (primary N) is 1. The zero-order valence-corrected chi connectivity index (χ0v) is 10.1. The topological polar surface area (TPSA) is 38.0 Å². The van der Waals surface area contributed by atoms with Crippen LogP contribution in [0.4, 0.5) is 5.69 Å². The smallest absolute Gasteiger partial charge is 0.0838 e. The van der Waals surface area contributed by atoms with Crippen LogP contribution in [0.15, 0.2) is 24.3 Å². The molecule has 0 aliphatic heterocycles. The van der Waals surface area contributed by atoms with E-state index < -0.39 is 0 Å². The number of anilines is 1. The van der Waals surface area contributed by atoms with Crippen LogP contribution in [-0.4, -0.2) is 11.8 Å². The van der Waals surface area contributed by atoms with Gasteiger partial charge < -0.3 is 5.73 Å². The summed E-state index contributed by atoms with van der Waals surface area (Å²) >= 11 is 1.57. The van der Waals surface area contributed by atoms with E-state index in [2.05, 4.69) is 16.6 Å². The number of nitrogen functional groups attached to an aromatic ring is 1. The summed E-state index contributed by atoms with van der Waals surface area (Å²) < 4.78 is 3.22. The van der Waals surface area contributed by atoms with Gasteiger partial charge in [-0.3, -0.25) is 0 Å². The van der Waals surface area contributed by atoms with Gasteiger partial charge in [-0.2, -0.15) is 0 Å². The molecule has 80 valence electrons. The molecule has 0 radical (unpaired) electrons. The van der Waals surface area contributed by atoms with Crippen molar-refractivity contribution >= 4 is 17.6 Å². The second-order valence-electron chi connectivity index (χ2n) is 3.80. The van der Waals surface area contributed by atoms with Gasteiger partial charge in [0.2, 0.25) is 0 Å². The van der Waals surface area contributed by atoms with E-state index in [-0.39, 0.29) is 5.54 Å². The molecule has 0 saturated heterocycles. The van der Waals surface area contributed by atoms with E-state index in [1.807, 2.05) is 44.4 Å². The number of hydrogen-bond acceptors (Lipinski definition) is 3. The largest absolute Gasteiger partial charge is 0.399 e. The highest BCUT2D eigenvalue weighted by Gasteiger charge is 2.11. The second kappa shape index (κ2) is 5.11. The first-order valence-electron chi connectivity index (χ1n) is 4.72. The van der Waals surface area contributed by atoms with Crippen LogP contribution in [0.25, 0.3) is 0 Å². The lowest BCUT2D eigenvalue weighted by molar-refractivity contribution is 0.629. The van der Waals surface area contributed by atoms with E-state index in [4.69, 9.17) is 5.73 Å².